The van der Waals surface area contributed by atoms with E-state index >= 15 is 0 Å². The quantitative estimate of drug-likeness (QED) is 0.330. The molecule has 0 bridgehead atoms. The number of carboxylic acids is 1. The van der Waals surface area contributed by atoms with Crippen molar-refractivity contribution >= 4 is 12.0 Å². The highest BCUT2D eigenvalue weighted by molar-refractivity contribution is 5.85. The summed E-state index contributed by atoms with van der Waals surface area (Å²) in [6.07, 6.45) is -5.87. The van der Waals surface area contributed by atoms with Gasteiger partial charge in [0, 0.05) is 6.08 Å². The molecule has 0 unspecified atom stereocenters. The van der Waals surface area contributed by atoms with Crippen LogP contribution in [0.3, 0.4) is 0 Å². The van der Waals surface area contributed by atoms with Gasteiger partial charge in [-0.05, 0) is 48.0 Å². The third-order valence-electron chi connectivity index (χ3n) is 3.50. The van der Waals surface area contributed by atoms with Gasteiger partial charge in [-0.3, -0.25) is 0 Å². The first-order chi connectivity index (χ1) is 14.0. The predicted octanol–water partition coefficient (Wildman–Crippen LogP) is 4.87. The van der Waals surface area contributed by atoms with Gasteiger partial charge in [-0.15, -0.1) is 0 Å². The molecule has 2 aromatic carbocycles. The molecule has 0 atom stereocenters. The first kappa shape index (κ1) is 23.1. The third kappa shape index (κ3) is 8.08. The molecule has 0 saturated carbocycles. The largest absolute Gasteiger partial charge is 0.491 e. The fourth-order valence-electron chi connectivity index (χ4n) is 2.17. The number of carbonyl (C=O) groups is 1. The summed E-state index contributed by atoms with van der Waals surface area (Å²) >= 11 is 0. The van der Waals surface area contributed by atoms with Crippen LogP contribution in [0, 0.1) is 0 Å². The second-order valence-corrected chi connectivity index (χ2v) is 5.90. The van der Waals surface area contributed by atoms with E-state index in [1.807, 2.05) is 0 Å². The van der Waals surface area contributed by atoms with E-state index in [0.717, 1.165) is 18.2 Å². The van der Waals surface area contributed by atoms with Crippen LogP contribution >= 0.6 is 0 Å². The third-order valence-corrected chi connectivity index (χ3v) is 3.50. The van der Waals surface area contributed by atoms with Crippen LogP contribution in [0.2, 0.25) is 0 Å². The molecule has 0 aliphatic carbocycles. The van der Waals surface area contributed by atoms with E-state index in [4.69, 9.17) is 14.6 Å². The van der Waals surface area contributed by atoms with Crippen molar-refractivity contribution in [3.63, 3.8) is 0 Å². The summed E-state index contributed by atoms with van der Waals surface area (Å²) in [4.78, 5) is 10.5. The second kappa shape index (κ2) is 10.1. The minimum atomic E-state index is -4.43. The van der Waals surface area contributed by atoms with Gasteiger partial charge >= 0.3 is 18.3 Å². The van der Waals surface area contributed by atoms with Crippen LogP contribution in [0.5, 0.6) is 11.5 Å². The zero-order valence-corrected chi connectivity index (χ0v) is 15.4. The van der Waals surface area contributed by atoms with Crippen LogP contribution < -0.4 is 9.47 Å². The Bertz CT molecular complexity index is 845. The Morgan fingerprint density at radius 1 is 0.900 bits per heavy atom. The molecule has 2 rings (SSSR count). The standard InChI is InChI=1S/C20H17F5O5/c21-19(22,23)13-28-11-12-29-16-8-4-15(5-9-16)20(24,25)30-17-6-1-14(2-7-17)3-10-18(26)27/h1-10H,11-13H2,(H,26,27)/b10-3+. The normalized spacial score (nSPS) is 12.2. The SMILES string of the molecule is O=C(O)/C=C/c1ccc(OC(F)(F)c2ccc(OCCOCC(F)(F)F)cc2)cc1. The van der Waals surface area contributed by atoms with Gasteiger partial charge in [0.2, 0.25) is 0 Å². The monoisotopic (exact) mass is 432 g/mol. The van der Waals surface area contributed by atoms with Crippen LogP contribution in [-0.2, 0) is 15.6 Å². The maximum Gasteiger partial charge on any atom is 0.426 e. The Morgan fingerprint density at radius 3 is 2.07 bits per heavy atom. The summed E-state index contributed by atoms with van der Waals surface area (Å²) in [6, 6.07) is 9.98. The van der Waals surface area contributed by atoms with Gasteiger partial charge in [-0.25, -0.2) is 4.79 Å². The number of hydrogen-bond donors (Lipinski definition) is 1. The molecule has 162 valence electrons. The molecule has 5 nitrogen and oxygen atoms in total. The Labute approximate surface area is 168 Å². The number of halogens is 5. The summed E-state index contributed by atoms with van der Waals surface area (Å²) < 4.78 is 78.6. The van der Waals surface area contributed by atoms with Gasteiger partial charge in [0.25, 0.3) is 0 Å². The Morgan fingerprint density at radius 2 is 1.50 bits per heavy atom. The fourth-order valence-corrected chi connectivity index (χ4v) is 2.17. The molecule has 0 spiro atoms. The first-order valence-corrected chi connectivity index (χ1v) is 8.51. The van der Waals surface area contributed by atoms with E-state index < -0.39 is 30.4 Å². The average Bonchev–Trinajstić information content (AvgIpc) is 2.66. The highest BCUT2D eigenvalue weighted by Crippen LogP contribution is 2.32. The molecule has 0 fully saturated rings. The Kier molecular flexibility index (Phi) is 7.76. The Balaban J connectivity index is 1.89. The number of carboxylic acid groups (broad SMARTS) is 1. The van der Waals surface area contributed by atoms with Crippen LogP contribution in [-0.4, -0.2) is 37.1 Å². The number of hydrogen-bond acceptors (Lipinski definition) is 4. The summed E-state index contributed by atoms with van der Waals surface area (Å²) in [5.41, 5.74) is 0.0341. The molecule has 0 radical (unpaired) electrons. The maximum absolute atomic E-state index is 14.3. The molecular weight excluding hydrogens is 415 g/mol. The van der Waals surface area contributed by atoms with Crippen LogP contribution in [0.1, 0.15) is 11.1 Å². The van der Waals surface area contributed by atoms with Gasteiger partial charge in [-0.2, -0.15) is 22.0 Å². The number of ether oxygens (including phenoxy) is 3. The molecule has 0 aliphatic rings. The van der Waals surface area contributed by atoms with Crippen molar-refractivity contribution in [3.05, 3.63) is 65.7 Å². The summed E-state index contributed by atoms with van der Waals surface area (Å²) in [7, 11) is 0. The molecular formula is C20H17F5O5. The number of rotatable bonds is 10. The van der Waals surface area contributed by atoms with E-state index in [9.17, 15) is 26.7 Å². The average molecular weight is 432 g/mol. The van der Waals surface area contributed by atoms with Gasteiger partial charge in [0.1, 0.15) is 24.7 Å². The van der Waals surface area contributed by atoms with Gasteiger partial charge < -0.3 is 19.3 Å². The van der Waals surface area contributed by atoms with Crippen molar-refractivity contribution in [2.24, 2.45) is 0 Å². The van der Waals surface area contributed by atoms with E-state index in [1.54, 1.807) is 0 Å². The van der Waals surface area contributed by atoms with Gasteiger partial charge in [-0.1, -0.05) is 12.1 Å². The zero-order chi connectivity index (χ0) is 22.2. The Hall–Kier alpha value is -3.14. The molecule has 2 aromatic rings. The van der Waals surface area contributed by atoms with Crippen molar-refractivity contribution < 1.29 is 46.1 Å². The van der Waals surface area contributed by atoms with E-state index in [1.165, 1.54) is 42.5 Å². The summed E-state index contributed by atoms with van der Waals surface area (Å²) in [5.74, 6) is -1.09. The summed E-state index contributed by atoms with van der Waals surface area (Å²) in [6.45, 7) is -1.88. The molecule has 0 aromatic heterocycles. The minimum Gasteiger partial charge on any atom is -0.491 e. The molecule has 0 amide bonds. The van der Waals surface area contributed by atoms with Crippen molar-refractivity contribution in [2.75, 3.05) is 19.8 Å². The van der Waals surface area contributed by atoms with Crippen molar-refractivity contribution in [1.29, 1.82) is 0 Å². The first-order valence-electron chi connectivity index (χ1n) is 8.51. The molecule has 1 N–H and O–H groups in total. The highest BCUT2D eigenvalue weighted by atomic mass is 19.4. The lowest BCUT2D eigenvalue weighted by Gasteiger charge is -2.18. The molecule has 0 saturated heterocycles. The summed E-state index contributed by atoms with van der Waals surface area (Å²) in [5, 5.41) is 8.56. The highest BCUT2D eigenvalue weighted by Gasteiger charge is 2.34. The lowest BCUT2D eigenvalue weighted by atomic mass is 10.2. The smallest absolute Gasteiger partial charge is 0.426 e. The van der Waals surface area contributed by atoms with E-state index in [-0.39, 0.29) is 24.7 Å². The number of benzene rings is 2. The molecule has 0 aliphatic heterocycles. The van der Waals surface area contributed by atoms with Crippen molar-refractivity contribution in [3.8, 4) is 11.5 Å². The fraction of sp³-hybridized carbons (Fsp3) is 0.250. The van der Waals surface area contributed by atoms with Gasteiger partial charge in [0.05, 0.1) is 12.2 Å². The van der Waals surface area contributed by atoms with Crippen LogP contribution in [0.4, 0.5) is 22.0 Å². The topological polar surface area (TPSA) is 65.0 Å². The van der Waals surface area contributed by atoms with Crippen LogP contribution in [0.25, 0.3) is 6.08 Å². The number of aliphatic carboxylic acids is 1. The molecule has 0 heterocycles. The number of alkyl halides is 5. The minimum absolute atomic E-state index is 0.130. The van der Waals surface area contributed by atoms with Crippen LogP contribution in [0.15, 0.2) is 54.6 Å². The lowest BCUT2D eigenvalue weighted by molar-refractivity contribution is -0.185. The molecule has 30 heavy (non-hydrogen) atoms. The van der Waals surface area contributed by atoms with Crippen molar-refractivity contribution in [2.45, 2.75) is 12.3 Å². The molecule has 10 heteroatoms. The second-order valence-electron chi connectivity index (χ2n) is 5.90. The van der Waals surface area contributed by atoms with Crippen molar-refractivity contribution in [1.82, 2.24) is 0 Å². The van der Waals surface area contributed by atoms with Gasteiger partial charge in [0.15, 0.2) is 0 Å². The van der Waals surface area contributed by atoms with E-state index in [0.29, 0.717) is 5.56 Å². The lowest BCUT2D eigenvalue weighted by Crippen LogP contribution is -2.21. The predicted molar refractivity (Wildman–Crippen MR) is 96.4 cm³/mol. The maximum atomic E-state index is 14.3. The van der Waals surface area contributed by atoms with E-state index in [2.05, 4.69) is 4.74 Å². The zero-order valence-electron chi connectivity index (χ0n) is 15.4.